The molecule has 2 atom stereocenters. The predicted molar refractivity (Wildman–Crippen MR) is 75.6 cm³/mol. The molecule has 0 amide bonds. The average molecular weight is 333 g/mol. The van der Waals surface area contributed by atoms with E-state index in [1.807, 2.05) is 19.1 Å². The van der Waals surface area contributed by atoms with Gasteiger partial charge in [-0.05, 0) is 30.9 Å². The number of nitrogens with two attached hydrogens (primary N) is 1. The molecule has 23 heavy (non-hydrogen) atoms. The van der Waals surface area contributed by atoms with Gasteiger partial charge in [-0.1, -0.05) is 24.3 Å². The van der Waals surface area contributed by atoms with Crippen molar-refractivity contribution < 1.29 is 32.6 Å². The van der Waals surface area contributed by atoms with Gasteiger partial charge in [-0.2, -0.15) is 13.2 Å². The lowest BCUT2D eigenvalue weighted by Gasteiger charge is -2.28. The van der Waals surface area contributed by atoms with E-state index in [4.69, 9.17) is 20.4 Å². The maximum absolute atomic E-state index is 11.7. The van der Waals surface area contributed by atoms with E-state index in [-0.39, 0.29) is 17.9 Å². The van der Waals surface area contributed by atoms with Crippen LogP contribution in [-0.4, -0.2) is 35.9 Å². The summed E-state index contributed by atoms with van der Waals surface area (Å²) in [5, 5.41) is 7.12. The van der Waals surface area contributed by atoms with Crippen LogP contribution in [0.2, 0.25) is 0 Å². The monoisotopic (exact) mass is 333 g/mol. The third-order valence-electron chi connectivity index (χ3n) is 3.36. The largest absolute Gasteiger partial charge is 0.490 e. The van der Waals surface area contributed by atoms with Gasteiger partial charge in [-0.3, -0.25) is 4.79 Å². The fourth-order valence-electron chi connectivity index (χ4n) is 2.25. The van der Waals surface area contributed by atoms with E-state index in [1.54, 1.807) is 0 Å². The summed E-state index contributed by atoms with van der Waals surface area (Å²) in [5.41, 5.74) is 8.51. The number of carbonyl (C=O) groups excluding carboxylic acids is 1. The molecule has 0 spiro atoms. The van der Waals surface area contributed by atoms with Crippen LogP contribution in [0.5, 0.6) is 0 Å². The minimum atomic E-state index is -5.08. The molecule has 0 aromatic heterocycles. The Bertz CT molecular complexity index is 560. The van der Waals surface area contributed by atoms with Gasteiger partial charge in [0.15, 0.2) is 0 Å². The summed E-state index contributed by atoms with van der Waals surface area (Å²) in [6.07, 6.45) is -3.62. The van der Waals surface area contributed by atoms with Gasteiger partial charge in [0.05, 0.1) is 12.5 Å². The molecule has 0 aliphatic heterocycles. The summed E-state index contributed by atoms with van der Waals surface area (Å²) in [5.74, 6) is -3.10. The van der Waals surface area contributed by atoms with E-state index >= 15 is 0 Å². The second-order valence-corrected chi connectivity index (χ2v) is 5.00. The number of benzene rings is 1. The number of aliphatic carboxylic acids is 1. The van der Waals surface area contributed by atoms with Gasteiger partial charge in [-0.25, -0.2) is 4.79 Å². The average Bonchev–Trinajstić information content (AvgIpc) is 2.46. The number of hydrogen-bond acceptors (Lipinski definition) is 4. The number of hydrogen-bond donors (Lipinski definition) is 2. The Morgan fingerprint density at radius 1 is 1.26 bits per heavy atom. The summed E-state index contributed by atoms with van der Waals surface area (Å²) in [6, 6.07) is 8.03. The van der Waals surface area contributed by atoms with E-state index in [1.165, 1.54) is 11.1 Å². The number of fused-ring (bicyclic) bond motifs is 1. The first-order valence-electron chi connectivity index (χ1n) is 6.96. The van der Waals surface area contributed by atoms with E-state index in [9.17, 15) is 18.0 Å². The quantitative estimate of drug-likeness (QED) is 0.807. The van der Waals surface area contributed by atoms with E-state index in [0.717, 1.165) is 6.42 Å². The molecule has 1 aliphatic carbocycles. The summed E-state index contributed by atoms with van der Waals surface area (Å²) in [6.45, 7) is 2.24. The highest BCUT2D eigenvalue weighted by Gasteiger charge is 2.38. The first kappa shape index (κ1) is 19.0. The lowest BCUT2D eigenvalue weighted by atomic mass is 9.80. The SMILES string of the molecule is CCOC(=O)[C@@H]1Cc2ccccc2C[C@H]1N.O=C(O)C(F)(F)F. The van der Waals surface area contributed by atoms with Crippen LogP contribution in [0.1, 0.15) is 18.1 Å². The molecule has 1 aromatic carbocycles. The highest BCUT2D eigenvalue weighted by Crippen LogP contribution is 2.25. The van der Waals surface area contributed by atoms with Crippen molar-refractivity contribution in [2.45, 2.75) is 32.0 Å². The molecule has 8 heteroatoms. The standard InChI is InChI=1S/C13H17NO2.C2HF3O2/c1-2-16-13(15)11-7-9-5-3-4-6-10(9)8-12(11)14;3-2(4,5)1(6)7/h3-6,11-12H,2,7-8,14H2,1H3;(H,6,7)/t11-,12-;/m1./s1. The Morgan fingerprint density at radius 3 is 2.17 bits per heavy atom. The molecule has 0 saturated heterocycles. The Labute approximate surface area is 131 Å². The number of carbonyl (C=O) groups is 2. The molecule has 1 aromatic rings. The number of alkyl halides is 3. The number of carboxylic acids is 1. The molecule has 0 radical (unpaired) electrons. The van der Waals surface area contributed by atoms with Gasteiger partial charge in [0.25, 0.3) is 0 Å². The van der Waals surface area contributed by atoms with Gasteiger partial charge >= 0.3 is 18.1 Å². The Kier molecular flexibility index (Phi) is 6.56. The molecule has 1 aliphatic rings. The van der Waals surface area contributed by atoms with Gasteiger partial charge in [0, 0.05) is 6.04 Å². The van der Waals surface area contributed by atoms with Crippen molar-refractivity contribution >= 4 is 11.9 Å². The first-order valence-corrected chi connectivity index (χ1v) is 6.96. The highest BCUT2D eigenvalue weighted by atomic mass is 19.4. The van der Waals surface area contributed by atoms with Crippen molar-refractivity contribution in [3.63, 3.8) is 0 Å². The number of rotatable bonds is 2. The van der Waals surface area contributed by atoms with Crippen molar-refractivity contribution in [3.05, 3.63) is 35.4 Å². The molecule has 5 nitrogen and oxygen atoms in total. The predicted octanol–water partition coefficient (Wildman–Crippen LogP) is 1.93. The smallest absolute Gasteiger partial charge is 0.475 e. The van der Waals surface area contributed by atoms with Crippen LogP contribution >= 0.6 is 0 Å². The van der Waals surface area contributed by atoms with Crippen LogP contribution in [0.4, 0.5) is 13.2 Å². The second-order valence-electron chi connectivity index (χ2n) is 5.00. The van der Waals surface area contributed by atoms with Gasteiger partial charge in [0.1, 0.15) is 0 Å². The van der Waals surface area contributed by atoms with E-state index in [0.29, 0.717) is 13.0 Å². The summed E-state index contributed by atoms with van der Waals surface area (Å²) in [4.78, 5) is 20.6. The minimum absolute atomic E-state index is 0.117. The van der Waals surface area contributed by atoms with Crippen molar-refractivity contribution in [3.8, 4) is 0 Å². The third-order valence-corrected chi connectivity index (χ3v) is 3.36. The van der Waals surface area contributed by atoms with Crippen molar-refractivity contribution in [2.75, 3.05) is 6.61 Å². The summed E-state index contributed by atoms with van der Waals surface area (Å²) in [7, 11) is 0. The molecule has 0 unspecified atom stereocenters. The summed E-state index contributed by atoms with van der Waals surface area (Å²) >= 11 is 0. The molecular weight excluding hydrogens is 315 g/mol. The molecule has 3 N–H and O–H groups in total. The molecule has 0 bridgehead atoms. The molecule has 2 rings (SSSR count). The molecule has 128 valence electrons. The molecule has 0 saturated carbocycles. The van der Waals surface area contributed by atoms with Gasteiger partial charge in [-0.15, -0.1) is 0 Å². The maximum atomic E-state index is 11.7. The Morgan fingerprint density at radius 2 is 1.74 bits per heavy atom. The van der Waals surface area contributed by atoms with Crippen LogP contribution in [0.25, 0.3) is 0 Å². The Balaban J connectivity index is 0.000000322. The summed E-state index contributed by atoms with van der Waals surface area (Å²) < 4.78 is 36.8. The highest BCUT2D eigenvalue weighted by molar-refractivity contribution is 5.74. The molecule has 0 fully saturated rings. The number of esters is 1. The first-order chi connectivity index (χ1) is 10.7. The van der Waals surface area contributed by atoms with Crippen LogP contribution in [0.15, 0.2) is 24.3 Å². The fourth-order valence-corrected chi connectivity index (χ4v) is 2.25. The molecule has 0 heterocycles. The van der Waals surface area contributed by atoms with Crippen molar-refractivity contribution in [1.82, 2.24) is 0 Å². The van der Waals surface area contributed by atoms with E-state index < -0.39 is 12.1 Å². The van der Waals surface area contributed by atoms with Crippen LogP contribution < -0.4 is 5.73 Å². The number of halogens is 3. The zero-order chi connectivity index (χ0) is 17.6. The zero-order valence-corrected chi connectivity index (χ0v) is 12.5. The normalized spacial score (nSPS) is 19.9. The zero-order valence-electron chi connectivity index (χ0n) is 12.5. The van der Waals surface area contributed by atoms with Crippen LogP contribution in [0.3, 0.4) is 0 Å². The maximum Gasteiger partial charge on any atom is 0.490 e. The lowest BCUT2D eigenvalue weighted by molar-refractivity contribution is -0.192. The van der Waals surface area contributed by atoms with Crippen LogP contribution in [0, 0.1) is 5.92 Å². The fraction of sp³-hybridized carbons (Fsp3) is 0.467. The third kappa shape index (κ3) is 5.55. The number of carboxylic acid groups (broad SMARTS) is 1. The molecular formula is C15H18F3NO4. The van der Waals surface area contributed by atoms with Crippen molar-refractivity contribution in [2.24, 2.45) is 11.7 Å². The minimum Gasteiger partial charge on any atom is -0.475 e. The second kappa shape index (κ2) is 7.96. The Hall–Kier alpha value is -2.09. The van der Waals surface area contributed by atoms with Gasteiger partial charge in [0.2, 0.25) is 0 Å². The van der Waals surface area contributed by atoms with Crippen molar-refractivity contribution in [1.29, 1.82) is 0 Å². The van der Waals surface area contributed by atoms with Gasteiger partial charge < -0.3 is 15.6 Å². The topological polar surface area (TPSA) is 89.6 Å². The van der Waals surface area contributed by atoms with Crippen LogP contribution in [-0.2, 0) is 27.2 Å². The lowest BCUT2D eigenvalue weighted by Crippen LogP contribution is -2.42. The number of ether oxygens (including phenoxy) is 1. The van der Waals surface area contributed by atoms with E-state index in [2.05, 4.69) is 12.1 Å².